The normalized spacial score (nSPS) is 18.6. The number of amides is 1. The van der Waals surface area contributed by atoms with Gasteiger partial charge in [-0.1, -0.05) is 15.9 Å². The number of carbonyl (C=O) groups excluding carboxylic acids is 1. The maximum Gasteiger partial charge on any atom is 0.243 e. The van der Waals surface area contributed by atoms with E-state index in [0.29, 0.717) is 6.54 Å². The van der Waals surface area contributed by atoms with E-state index in [0.717, 1.165) is 28.2 Å². The van der Waals surface area contributed by atoms with Crippen molar-refractivity contribution in [2.24, 2.45) is 0 Å². The molecule has 1 fully saturated rings. The van der Waals surface area contributed by atoms with Gasteiger partial charge in [-0.3, -0.25) is 4.79 Å². The number of rotatable bonds is 6. The van der Waals surface area contributed by atoms with Crippen LogP contribution in [-0.2, 0) is 14.8 Å². The van der Waals surface area contributed by atoms with Crippen molar-refractivity contribution in [2.75, 3.05) is 26.7 Å². The van der Waals surface area contributed by atoms with Gasteiger partial charge in [-0.2, -0.15) is 4.31 Å². The smallest absolute Gasteiger partial charge is 0.243 e. The van der Waals surface area contributed by atoms with E-state index in [2.05, 4.69) is 26.6 Å². The van der Waals surface area contributed by atoms with E-state index in [4.69, 9.17) is 0 Å². The Bertz CT molecular complexity index is 613. The Hall–Kier alpha value is -0.960. The molecule has 0 saturated carbocycles. The monoisotopic (exact) mass is 389 g/mol. The Morgan fingerprint density at radius 2 is 2.09 bits per heavy atom. The third-order valence-corrected chi connectivity index (χ3v) is 5.94. The van der Waals surface area contributed by atoms with Gasteiger partial charge in [0.05, 0.1) is 11.4 Å². The average Bonchev–Trinajstić information content (AvgIpc) is 2.99. The first-order chi connectivity index (χ1) is 10.4. The van der Waals surface area contributed by atoms with Gasteiger partial charge in [0.25, 0.3) is 0 Å². The lowest BCUT2D eigenvalue weighted by atomic mass is 10.2. The summed E-state index contributed by atoms with van der Waals surface area (Å²) in [6.07, 6.45) is 2.14. The van der Waals surface area contributed by atoms with E-state index in [9.17, 15) is 13.2 Å². The minimum absolute atomic E-state index is 0.170. The van der Waals surface area contributed by atoms with Crippen LogP contribution in [-0.4, -0.2) is 51.4 Å². The van der Waals surface area contributed by atoms with Crippen LogP contribution < -0.4 is 10.6 Å². The highest BCUT2D eigenvalue weighted by Crippen LogP contribution is 2.17. The van der Waals surface area contributed by atoms with Crippen molar-refractivity contribution in [3.05, 3.63) is 28.7 Å². The molecule has 1 aliphatic rings. The number of nitrogens with one attached hydrogen (secondary N) is 2. The molecule has 2 rings (SSSR count). The largest absolute Gasteiger partial charge is 0.353 e. The highest BCUT2D eigenvalue weighted by molar-refractivity contribution is 9.10. The van der Waals surface area contributed by atoms with Crippen molar-refractivity contribution >= 4 is 31.9 Å². The first-order valence-corrected chi connectivity index (χ1v) is 9.35. The fourth-order valence-electron chi connectivity index (χ4n) is 2.30. The molecule has 0 aliphatic carbocycles. The lowest BCUT2D eigenvalue weighted by molar-refractivity contribution is -0.121. The van der Waals surface area contributed by atoms with E-state index >= 15 is 0 Å². The van der Waals surface area contributed by atoms with Crippen molar-refractivity contribution in [1.29, 1.82) is 0 Å². The third kappa shape index (κ3) is 4.52. The molecular formula is C14H20BrN3O3S. The second kappa shape index (κ2) is 7.54. The summed E-state index contributed by atoms with van der Waals surface area (Å²) in [6.45, 7) is 1.31. The molecule has 1 atom stereocenters. The number of nitrogens with zero attached hydrogens (tertiary/aromatic N) is 1. The number of hydrogen-bond donors (Lipinski definition) is 2. The van der Waals surface area contributed by atoms with Gasteiger partial charge in [0.1, 0.15) is 0 Å². The average molecular weight is 390 g/mol. The number of likely N-dealkylation sites (N-methyl/N-ethyl adjacent to an activating group) is 1. The van der Waals surface area contributed by atoms with E-state index in [1.54, 1.807) is 12.1 Å². The number of carbonyl (C=O) groups is 1. The summed E-state index contributed by atoms with van der Waals surface area (Å²) in [5, 5.41) is 6.05. The van der Waals surface area contributed by atoms with Crippen molar-refractivity contribution in [2.45, 2.75) is 23.8 Å². The number of hydrogen-bond acceptors (Lipinski definition) is 4. The van der Waals surface area contributed by atoms with Gasteiger partial charge in [0, 0.05) is 24.1 Å². The van der Waals surface area contributed by atoms with Gasteiger partial charge >= 0.3 is 0 Å². The molecule has 0 spiro atoms. The summed E-state index contributed by atoms with van der Waals surface area (Å²) in [6, 6.07) is 6.63. The first-order valence-electron chi connectivity index (χ1n) is 7.11. The molecule has 1 amide bonds. The molecule has 0 radical (unpaired) electrons. The summed E-state index contributed by atoms with van der Waals surface area (Å²) in [5.74, 6) is -0.295. The third-order valence-electron chi connectivity index (χ3n) is 3.60. The summed E-state index contributed by atoms with van der Waals surface area (Å²) < 4.78 is 26.6. The van der Waals surface area contributed by atoms with Crippen LogP contribution in [0.3, 0.4) is 0 Å². The molecule has 0 aromatic heterocycles. The minimum Gasteiger partial charge on any atom is -0.353 e. The number of benzene rings is 1. The highest BCUT2D eigenvalue weighted by Gasteiger charge is 2.23. The Kier molecular flexibility index (Phi) is 5.96. The van der Waals surface area contributed by atoms with Gasteiger partial charge in [-0.25, -0.2) is 8.42 Å². The predicted octanol–water partition coefficient (Wildman–Crippen LogP) is 0.938. The van der Waals surface area contributed by atoms with Crippen LogP contribution in [0.25, 0.3) is 0 Å². The molecule has 1 unspecified atom stereocenters. The summed E-state index contributed by atoms with van der Waals surface area (Å²) in [7, 11) is -2.24. The highest BCUT2D eigenvalue weighted by atomic mass is 79.9. The standard InChI is InChI=1S/C14H20BrN3O3S/c1-18(10-14(19)17-9-12-3-2-8-16-12)22(20,21)13-6-4-11(15)5-7-13/h4-7,12,16H,2-3,8-10H2,1H3,(H,17,19). The zero-order valence-electron chi connectivity index (χ0n) is 12.4. The van der Waals surface area contributed by atoms with E-state index in [1.165, 1.54) is 19.2 Å². The van der Waals surface area contributed by atoms with Crippen LogP contribution in [0.5, 0.6) is 0 Å². The Balaban J connectivity index is 1.90. The zero-order valence-corrected chi connectivity index (χ0v) is 14.8. The van der Waals surface area contributed by atoms with Crippen molar-refractivity contribution in [1.82, 2.24) is 14.9 Å². The molecule has 122 valence electrons. The molecule has 6 nitrogen and oxygen atoms in total. The molecule has 1 heterocycles. The van der Waals surface area contributed by atoms with Crippen LogP contribution in [0.4, 0.5) is 0 Å². The lowest BCUT2D eigenvalue weighted by Crippen LogP contribution is -2.42. The van der Waals surface area contributed by atoms with Crippen LogP contribution >= 0.6 is 15.9 Å². The molecule has 1 saturated heterocycles. The molecule has 1 aromatic carbocycles. The van der Waals surface area contributed by atoms with Crippen molar-refractivity contribution < 1.29 is 13.2 Å². The topological polar surface area (TPSA) is 78.5 Å². The van der Waals surface area contributed by atoms with Gasteiger partial charge in [0.15, 0.2) is 0 Å². The van der Waals surface area contributed by atoms with E-state index < -0.39 is 10.0 Å². The van der Waals surface area contributed by atoms with Crippen molar-refractivity contribution in [3.63, 3.8) is 0 Å². The van der Waals surface area contributed by atoms with E-state index in [1.807, 2.05) is 0 Å². The Morgan fingerprint density at radius 1 is 1.41 bits per heavy atom. The van der Waals surface area contributed by atoms with Crippen molar-refractivity contribution in [3.8, 4) is 0 Å². The molecular weight excluding hydrogens is 370 g/mol. The first kappa shape index (κ1) is 17.4. The summed E-state index contributed by atoms with van der Waals surface area (Å²) in [4.78, 5) is 12.1. The van der Waals surface area contributed by atoms with Crippen LogP contribution in [0.1, 0.15) is 12.8 Å². The van der Waals surface area contributed by atoms with Gasteiger partial charge in [-0.05, 0) is 43.7 Å². The molecule has 8 heteroatoms. The lowest BCUT2D eigenvalue weighted by Gasteiger charge is -2.18. The van der Waals surface area contributed by atoms with Gasteiger partial charge in [0.2, 0.25) is 15.9 Å². The SMILES string of the molecule is CN(CC(=O)NCC1CCCN1)S(=O)(=O)c1ccc(Br)cc1. The molecule has 1 aromatic rings. The van der Waals surface area contributed by atoms with E-state index in [-0.39, 0.29) is 23.4 Å². The fourth-order valence-corrected chi connectivity index (χ4v) is 3.69. The van der Waals surface area contributed by atoms with Gasteiger partial charge < -0.3 is 10.6 Å². The zero-order chi connectivity index (χ0) is 16.2. The van der Waals surface area contributed by atoms with Crippen LogP contribution in [0, 0.1) is 0 Å². The fraction of sp³-hybridized carbons (Fsp3) is 0.500. The molecule has 0 bridgehead atoms. The number of halogens is 1. The maximum absolute atomic E-state index is 12.4. The van der Waals surface area contributed by atoms with Gasteiger partial charge in [-0.15, -0.1) is 0 Å². The quantitative estimate of drug-likeness (QED) is 0.758. The Morgan fingerprint density at radius 3 is 2.68 bits per heavy atom. The maximum atomic E-state index is 12.4. The summed E-state index contributed by atoms with van der Waals surface area (Å²) >= 11 is 3.26. The predicted molar refractivity (Wildman–Crippen MR) is 88.0 cm³/mol. The van der Waals surface area contributed by atoms with Crippen LogP contribution in [0.15, 0.2) is 33.6 Å². The second-order valence-electron chi connectivity index (χ2n) is 5.31. The van der Waals surface area contributed by atoms with Crippen LogP contribution in [0.2, 0.25) is 0 Å². The second-order valence-corrected chi connectivity index (χ2v) is 8.27. The Labute approximate surface area is 139 Å². The number of sulfonamides is 1. The molecule has 2 N–H and O–H groups in total. The molecule has 1 aliphatic heterocycles. The summed E-state index contributed by atoms with van der Waals surface area (Å²) in [5.41, 5.74) is 0. The minimum atomic E-state index is -3.65. The molecule has 22 heavy (non-hydrogen) atoms.